The number of pyridine rings is 1. The summed E-state index contributed by atoms with van der Waals surface area (Å²) in [4.78, 5) is 18.4. The molecule has 0 radical (unpaired) electrons. The minimum Gasteiger partial charge on any atom is -0.323 e. The van der Waals surface area contributed by atoms with Crippen LogP contribution in [0.3, 0.4) is 0 Å². The smallest absolute Gasteiger partial charge is 0.241 e. The first kappa shape index (κ1) is 12.0. The van der Waals surface area contributed by atoms with E-state index in [2.05, 4.69) is 22.1 Å². The number of hydrogen-bond acceptors (Lipinski definition) is 3. The SMILES string of the molecule is Cc1ccc(NC(=O)[C@@H]2C[C@@H](C)CN2C)cn1. The Bertz CT molecular complexity index is 402. The van der Waals surface area contributed by atoms with E-state index in [1.54, 1.807) is 6.20 Å². The number of carbonyl (C=O) groups is 1. The van der Waals surface area contributed by atoms with Gasteiger partial charge in [-0.1, -0.05) is 6.92 Å². The zero-order chi connectivity index (χ0) is 12.4. The number of amides is 1. The van der Waals surface area contributed by atoms with Crippen LogP contribution >= 0.6 is 0 Å². The van der Waals surface area contributed by atoms with E-state index >= 15 is 0 Å². The molecule has 1 aromatic rings. The number of likely N-dealkylation sites (N-methyl/N-ethyl adjacent to an activating group) is 1. The molecule has 0 spiro atoms. The van der Waals surface area contributed by atoms with E-state index in [1.807, 2.05) is 26.1 Å². The molecule has 17 heavy (non-hydrogen) atoms. The predicted molar refractivity (Wildman–Crippen MR) is 67.8 cm³/mol. The lowest BCUT2D eigenvalue weighted by Gasteiger charge is -2.18. The number of anilines is 1. The molecule has 1 N–H and O–H groups in total. The van der Waals surface area contributed by atoms with Crippen molar-refractivity contribution < 1.29 is 4.79 Å². The number of carbonyl (C=O) groups excluding carboxylic acids is 1. The number of hydrogen-bond donors (Lipinski definition) is 1. The van der Waals surface area contributed by atoms with Gasteiger partial charge in [0.25, 0.3) is 0 Å². The van der Waals surface area contributed by atoms with E-state index in [0.29, 0.717) is 5.92 Å². The highest BCUT2D eigenvalue weighted by atomic mass is 16.2. The van der Waals surface area contributed by atoms with Crippen LogP contribution in [0.2, 0.25) is 0 Å². The first-order valence-electron chi connectivity index (χ1n) is 6.00. The molecule has 1 aliphatic heterocycles. The quantitative estimate of drug-likeness (QED) is 0.845. The van der Waals surface area contributed by atoms with Crippen molar-refractivity contribution >= 4 is 11.6 Å². The molecule has 0 aromatic carbocycles. The molecule has 1 aliphatic rings. The fourth-order valence-corrected chi connectivity index (χ4v) is 2.33. The normalized spacial score (nSPS) is 24.9. The fraction of sp³-hybridized carbons (Fsp3) is 0.538. The highest BCUT2D eigenvalue weighted by molar-refractivity contribution is 5.94. The molecule has 0 aliphatic carbocycles. The van der Waals surface area contributed by atoms with Crippen molar-refractivity contribution in [3.05, 3.63) is 24.0 Å². The molecule has 4 nitrogen and oxygen atoms in total. The Morgan fingerprint density at radius 2 is 2.29 bits per heavy atom. The third-order valence-corrected chi connectivity index (χ3v) is 3.24. The second-order valence-electron chi connectivity index (χ2n) is 4.97. The van der Waals surface area contributed by atoms with Crippen molar-refractivity contribution in [2.24, 2.45) is 5.92 Å². The van der Waals surface area contributed by atoms with Crippen LogP contribution in [0.25, 0.3) is 0 Å². The lowest BCUT2D eigenvalue weighted by atomic mass is 10.1. The van der Waals surface area contributed by atoms with Gasteiger partial charge >= 0.3 is 0 Å². The van der Waals surface area contributed by atoms with Gasteiger partial charge in [-0.05, 0) is 38.4 Å². The Hall–Kier alpha value is -1.42. The Labute approximate surface area is 102 Å². The molecule has 1 saturated heterocycles. The largest absolute Gasteiger partial charge is 0.323 e. The molecule has 0 unspecified atom stereocenters. The molecule has 1 aromatic heterocycles. The second-order valence-corrected chi connectivity index (χ2v) is 4.97. The number of likely N-dealkylation sites (tertiary alicyclic amines) is 1. The molecule has 2 heterocycles. The van der Waals surface area contributed by atoms with Gasteiger partial charge in [0.15, 0.2) is 0 Å². The van der Waals surface area contributed by atoms with Gasteiger partial charge in [-0.15, -0.1) is 0 Å². The number of aromatic nitrogens is 1. The summed E-state index contributed by atoms with van der Waals surface area (Å²) in [6.45, 7) is 5.10. The Balaban J connectivity index is 1.99. The minimum absolute atomic E-state index is 0.00805. The molecule has 92 valence electrons. The highest BCUT2D eigenvalue weighted by Crippen LogP contribution is 2.22. The van der Waals surface area contributed by atoms with Crippen molar-refractivity contribution in [1.82, 2.24) is 9.88 Å². The number of nitrogens with one attached hydrogen (secondary N) is 1. The molecule has 0 saturated carbocycles. The average Bonchev–Trinajstić information content (AvgIpc) is 2.61. The van der Waals surface area contributed by atoms with Gasteiger partial charge in [0, 0.05) is 12.2 Å². The Morgan fingerprint density at radius 1 is 1.53 bits per heavy atom. The van der Waals surface area contributed by atoms with Gasteiger partial charge < -0.3 is 5.32 Å². The topological polar surface area (TPSA) is 45.2 Å². The fourth-order valence-electron chi connectivity index (χ4n) is 2.33. The monoisotopic (exact) mass is 233 g/mol. The number of rotatable bonds is 2. The van der Waals surface area contributed by atoms with E-state index in [-0.39, 0.29) is 11.9 Å². The lowest BCUT2D eigenvalue weighted by molar-refractivity contribution is -0.119. The summed E-state index contributed by atoms with van der Waals surface area (Å²) < 4.78 is 0. The van der Waals surface area contributed by atoms with Crippen molar-refractivity contribution in [2.45, 2.75) is 26.3 Å². The zero-order valence-electron chi connectivity index (χ0n) is 10.6. The molecule has 1 fully saturated rings. The highest BCUT2D eigenvalue weighted by Gasteiger charge is 2.32. The molecule has 1 amide bonds. The zero-order valence-corrected chi connectivity index (χ0v) is 10.6. The van der Waals surface area contributed by atoms with Gasteiger partial charge in [0.1, 0.15) is 0 Å². The van der Waals surface area contributed by atoms with E-state index < -0.39 is 0 Å². The van der Waals surface area contributed by atoms with Crippen LogP contribution in [-0.4, -0.2) is 35.4 Å². The van der Waals surface area contributed by atoms with Gasteiger partial charge in [0.2, 0.25) is 5.91 Å². The van der Waals surface area contributed by atoms with Crippen molar-refractivity contribution in [3.63, 3.8) is 0 Å². The van der Waals surface area contributed by atoms with Gasteiger partial charge in [-0.3, -0.25) is 14.7 Å². The van der Waals surface area contributed by atoms with Crippen molar-refractivity contribution in [2.75, 3.05) is 18.9 Å². The molecule has 4 heteroatoms. The van der Waals surface area contributed by atoms with E-state index in [4.69, 9.17) is 0 Å². The number of aryl methyl sites for hydroxylation is 1. The maximum absolute atomic E-state index is 12.1. The second kappa shape index (κ2) is 4.84. The molecule has 2 rings (SSSR count). The third-order valence-electron chi connectivity index (χ3n) is 3.24. The maximum atomic E-state index is 12.1. The van der Waals surface area contributed by atoms with Crippen molar-refractivity contribution in [1.29, 1.82) is 0 Å². The summed E-state index contributed by atoms with van der Waals surface area (Å²) in [6, 6.07) is 3.78. The van der Waals surface area contributed by atoms with Crippen LogP contribution in [-0.2, 0) is 4.79 Å². The maximum Gasteiger partial charge on any atom is 0.241 e. The van der Waals surface area contributed by atoms with Crippen LogP contribution in [0.5, 0.6) is 0 Å². The average molecular weight is 233 g/mol. The van der Waals surface area contributed by atoms with Crippen LogP contribution in [0.1, 0.15) is 19.0 Å². The van der Waals surface area contributed by atoms with Crippen LogP contribution < -0.4 is 5.32 Å². The van der Waals surface area contributed by atoms with Gasteiger partial charge in [-0.25, -0.2) is 0 Å². The van der Waals surface area contributed by atoms with E-state index in [9.17, 15) is 4.79 Å². The van der Waals surface area contributed by atoms with E-state index in [0.717, 1.165) is 24.3 Å². The summed E-state index contributed by atoms with van der Waals surface area (Å²) >= 11 is 0. The lowest BCUT2D eigenvalue weighted by Crippen LogP contribution is -2.37. The molecule has 2 atom stereocenters. The third kappa shape index (κ3) is 2.82. The summed E-state index contributed by atoms with van der Waals surface area (Å²) in [5.74, 6) is 0.661. The number of nitrogens with zero attached hydrogens (tertiary/aromatic N) is 2. The molecular formula is C13H19N3O. The summed E-state index contributed by atoms with van der Waals surface area (Å²) in [5.41, 5.74) is 1.73. The minimum atomic E-state index is -0.00805. The van der Waals surface area contributed by atoms with Gasteiger partial charge in [-0.2, -0.15) is 0 Å². The van der Waals surface area contributed by atoms with Crippen molar-refractivity contribution in [3.8, 4) is 0 Å². The summed E-state index contributed by atoms with van der Waals surface area (Å²) in [5, 5.41) is 2.92. The molecule has 0 bridgehead atoms. The van der Waals surface area contributed by atoms with Gasteiger partial charge in [0.05, 0.1) is 17.9 Å². The summed E-state index contributed by atoms with van der Waals surface area (Å²) in [7, 11) is 2.00. The summed E-state index contributed by atoms with van der Waals surface area (Å²) in [6.07, 6.45) is 2.63. The first-order valence-corrected chi connectivity index (χ1v) is 6.00. The van der Waals surface area contributed by atoms with Crippen LogP contribution in [0.15, 0.2) is 18.3 Å². The molecular weight excluding hydrogens is 214 g/mol. The predicted octanol–water partition coefficient (Wildman–Crippen LogP) is 1.67. The van der Waals surface area contributed by atoms with Crippen LogP contribution in [0.4, 0.5) is 5.69 Å². The van der Waals surface area contributed by atoms with E-state index in [1.165, 1.54) is 0 Å². The van der Waals surface area contributed by atoms with Crippen LogP contribution in [0, 0.1) is 12.8 Å². The first-order chi connectivity index (χ1) is 8.06. The Kier molecular flexibility index (Phi) is 3.43. The Morgan fingerprint density at radius 3 is 2.82 bits per heavy atom. The standard InChI is InChI=1S/C13H19N3O/c1-9-6-12(16(3)8-9)13(17)15-11-5-4-10(2)14-7-11/h4-5,7,9,12H,6,8H2,1-3H3,(H,15,17)/t9-,12+/m1/s1.